The van der Waals surface area contributed by atoms with Crippen molar-refractivity contribution in [1.82, 2.24) is 0 Å². The van der Waals surface area contributed by atoms with Gasteiger partial charge in [0.1, 0.15) is 11.3 Å². The third kappa shape index (κ3) is 1.31. The smallest absolute Gasteiger partial charge is 0.172 e. The van der Waals surface area contributed by atoms with Crippen molar-refractivity contribution in [3.63, 3.8) is 0 Å². The molecule has 0 aliphatic heterocycles. The van der Waals surface area contributed by atoms with Gasteiger partial charge in [0.15, 0.2) is 5.82 Å². The second-order valence-corrected chi connectivity index (χ2v) is 3.52. The van der Waals surface area contributed by atoms with Gasteiger partial charge in [0.2, 0.25) is 0 Å². The molecule has 0 N–H and O–H groups in total. The predicted molar refractivity (Wildman–Crippen MR) is 54.9 cm³/mol. The van der Waals surface area contributed by atoms with Crippen LogP contribution in [0.2, 0.25) is 0 Å². The van der Waals surface area contributed by atoms with Crippen LogP contribution in [0.25, 0.3) is 11.0 Å². The highest BCUT2D eigenvalue weighted by molar-refractivity contribution is 5.81. The Morgan fingerprint density at radius 3 is 2.86 bits per heavy atom. The van der Waals surface area contributed by atoms with Crippen LogP contribution in [0, 0.1) is 12.7 Å². The molecule has 14 heavy (non-hydrogen) atoms. The molecule has 0 spiro atoms. The van der Waals surface area contributed by atoms with E-state index in [1.165, 1.54) is 0 Å². The van der Waals surface area contributed by atoms with Crippen LogP contribution in [0.1, 0.15) is 24.7 Å². The van der Waals surface area contributed by atoms with E-state index in [1.54, 1.807) is 13.0 Å². The van der Waals surface area contributed by atoms with Gasteiger partial charge < -0.3 is 4.42 Å². The van der Waals surface area contributed by atoms with E-state index in [-0.39, 0.29) is 5.82 Å². The fourth-order valence-corrected chi connectivity index (χ4v) is 1.73. The summed E-state index contributed by atoms with van der Waals surface area (Å²) >= 11 is 0. The molecular formula is C12H13FO. The summed E-state index contributed by atoms with van der Waals surface area (Å²) in [5.41, 5.74) is 1.81. The molecule has 0 saturated carbocycles. The molecule has 0 aliphatic rings. The van der Waals surface area contributed by atoms with Crippen LogP contribution in [0.4, 0.5) is 4.39 Å². The molecule has 0 amide bonds. The summed E-state index contributed by atoms with van der Waals surface area (Å²) in [6.45, 7) is 3.76. The monoisotopic (exact) mass is 192 g/mol. The lowest BCUT2D eigenvalue weighted by Crippen LogP contribution is -1.83. The van der Waals surface area contributed by atoms with Crippen LogP contribution in [0.3, 0.4) is 0 Å². The van der Waals surface area contributed by atoms with Crippen molar-refractivity contribution in [2.75, 3.05) is 0 Å². The lowest BCUT2D eigenvalue weighted by atomic mass is 10.1. The van der Waals surface area contributed by atoms with Gasteiger partial charge in [-0.3, -0.25) is 0 Å². The molecule has 0 unspecified atom stereocenters. The number of furan rings is 1. The van der Waals surface area contributed by atoms with Crippen molar-refractivity contribution >= 4 is 11.0 Å². The van der Waals surface area contributed by atoms with Crippen LogP contribution >= 0.6 is 0 Å². The highest BCUT2D eigenvalue weighted by Gasteiger charge is 2.12. The van der Waals surface area contributed by atoms with E-state index in [1.807, 2.05) is 12.1 Å². The molecular weight excluding hydrogens is 179 g/mol. The number of halogens is 1. The summed E-state index contributed by atoms with van der Waals surface area (Å²) in [6.07, 6.45) is 1.98. The van der Waals surface area contributed by atoms with Gasteiger partial charge in [-0.1, -0.05) is 25.5 Å². The van der Waals surface area contributed by atoms with Gasteiger partial charge in [0, 0.05) is 0 Å². The third-order valence-electron chi connectivity index (χ3n) is 2.42. The molecule has 0 radical (unpaired) electrons. The summed E-state index contributed by atoms with van der Waals surface area (Å²) in [6, 6.07) is 5.64. The van der Waals surface area contributed by atoms with Crippen LogP contribution in [-0.2, 0) is 6.42 Å². The summed E-state index contributed by atoms with van der Waals surface area (Å²) < 4.78 is 18.9. The Hall–Kier alpha value is -1.31. The molecule has 1 aromatic carbocycles. The second kappa shape index (κ2) is 3.45. The lowest BCUT2D eigenvalue weighted by Gasteiger charge is -1.98. The van der Waals surface area contributed by atoms with Crippen LogP contribution in [0.15, 0.2) is 22.6 Å². The lowest BCUT2D eigenvalue weighted by molar-refractivity contribution is 0.521. The van der Waals surface area contributed by atoms with E-state index in [0.717, 1.165) is 18.4 Å². The zero-order valence-electron chi connectivity index (χ0n) is 8.43. The Kier molecular flexibility index (Phi) is 2.28. The molecule has 0 fully saturated rings. The average molecular weight is 192 g/mol. The predicted octanol–water partition coefficient (Wildman–Crippen LogP) is 3.83. The third-order valence-corrected chi connectivity index (χ3v) is 2.42. The summed E-state index contributed by atoms with van der Waals surface area (Å²) in [5.74, 6) is 0.154. The highest BCUT2D eigenvalue weighted by atomic mass is 19.1. The van der Waals surface area contributed by atoms with Gasteiger partial charge in [0.05, 0.1) is 5.39 Å². The van der Waals surface area contributed by atoms with Gasteiger partial charge in [-0.15, -0.1) is 0 Å². The minimum Gasteiger partial charge on any atom is -0.458 e. The van der Waals surface area contributed by atoms with Crippen LogP contribution < -0.4 is 0 Å². The largest absolute Gasteiger partial charge is 0.458 e. The first-order valence-electron chi connectivity index (χ1n) is 4.90. The van der Waals surface area contributed by atoms with E-state index in [2.05, 4.69) is 6.92 Å². The first kappa shape index (κ1) is 9.25. The summed E-state index contributed by atoms with van der Waals surface area (Å²) in [5, 5.41) is 0.605. The number of aryl methyl sites for hydroxylation is 2. The molecule has 0 bridgehead atoms. The summed E-state index contributed by atoms with van der Waals surface area (Å²) in [4.78, 5) is 0. The Labute approximate surface area is 82.5 Å². The Balaban J connectivity index is 2.68. The van der Waals surface area contributed by atoms with Crippen molar-refractivity contribution in [2.45, 2.75) is 26.7 Å². The fourth-order valence-electron chi connectivity index (χ4n) is 1.73. The molecule has 74 valence electrons. The quantitative estimate of drug-likeness (QED) is 0.704. The van der Waals surface area contributed by atoms with Crippen molar-refractivity contribution in [3.8, 4) is 0 Å². The molecule has 2 aromatic rings. The normalized spacial score (nSPS) is 11.1. The Bertz CT molecular complexity index is 457. The maximum absolute atomic E-state index is 13.5. The first-order chi connectivity index (χ1) is 6.74. The molecule has 0 aliphatic carbocycles. The van der Waals surface area contributed by atoms with E-state index in [4.69, 9.17) is 4.42 Å². The zero-order chi connectivity index (χ0) is 10.1. The standard InChI is InChI=1S/C12H13FO/c1-3-5-9-6-4-7-10-11(13)8(2)14-12(9)10/h4,6-7H,3,5H2,1-2H3. The van der Waals surface area contributed by atoms with Crippen molar-refractivity contribution in [3.05, 3.63) is 35.3 Å². The molecule has 0 atom stereocenters. The van der Waals surface area contributed by atoms with Gasteiger partial charge in [-0.2, -0.15) is 0 Å². The van der Waals surface area contributed by atoms with Gasteiger partial charge in [-0.05, 0) is 25.0 Å². The van der Waals surface area contributed by atoms with Crippen molar-refractivity contribution in [2.24, 2.45) is 0 Å². The van der Waals surface area contributed by atoms with Crippen molar-refractivity contribution in [1.29, 1.82) is 0 Å². The molecule has 1 aromatic heterocycles. The average Bonchev–Trinajstić information content (AvgIpc) is 2.46. The number of rotatable bonds is 2. The Morgan fingerprint density at radius 1 is 1.36 bits per heavy atom. The van der Waals surface area contributed by atoms with Crippen LogP contribution in [0.5, 0.6) is 0 Å². The second-order valence-electron chi connectivity index (χ2n) is 3.52. The topological polar surface area (TPSA) is 13.1 Å². The van der Waals surface area contributed by atoms with E-state index in [0.29, 0.717) is 16.7 Å². The van der Waals surface area contributed by atoms with E-state index >= 15 is 0 Å². The maximum atomic E-state index is 13.5. The first-order valence-corrected chi connectivity index (χ1v) is 4.90. The van der Waals surface area contributed by atoms with E-state index < -0.39 is 0 Å². The number of hydrogen-bond donors (Lipinski definition) is 0. The van der Waals surface area contributed by atoms with Gasteiger partial charge in [-0.25, -0.2) is 4.39 Å². The number of hydrogen-bond acceptors (Lipinski definition) is 1. The molecule has 0 saturated heterocycles. The highest BCUT2D eigenvalue weighted by Crippen LogP contribution is 2.27. The Morgan fingerprint density at radius 2 is 2.14 bits per heavy atom. The molecule has 1 heterocycles. The minimum absolute atomic E-state index is 0.224. The van der Waals surface area contributed by atoms with Crippen LogP contribution in [-0.4, -0.2) is 0 Å². The zero-order valence-corrected chi connectivity index (χ0v) is 8.43. The molecule has 2 rings (SSSR count). The number of para-hydroxylation sites is 1. The SMILES string of the molecule is CCCc1cccc2c(F)c(C)oc12. The van der Waals surface area contributed by atoms with E-state index in [9.17, 15) is 4.39 Å². The maximum Gasteiger partial charge on any atom is 0.172 e. The molecule has 1 nitrogen and oxygen atoms in total. The van der Waals surface area contributed by atoms with Gasteiger partial charge in [0.25, 0.3) is 0 Å². The fraction of sp³-hybridized carbons (Fsp3) is 0.333. The van der Waals surface area contributed by atoms with Gasteiger partial charge >= 0.3 is 0 Å². The summed E-state index contributed by atoms with van der Waals surface area (Å²) in [7, 11) is 0. The molecule has 2 heteroatoms. The minimum atomic E-state index is -0.224. The number of benzene rings is 1. The number of fused-ring (bicyclic) bond motifs is 1. The van der Waals surface area contributed by atoms with Crippen molar-refractivity contribution < 1.29 is 8.81 Å².